The molecule has 3 heterocycles. The summed E-state index contributed by atoms with van der Waals surface area (Å²) >= 11 is 0. The van der Waals surface area contributed by atoms with Crippen molar-refractivity contribution < 1.29 is 4.52 Å². The number of rotatable bonds is 2. The molecule has 0 saturated carbocycles. The molecule has 2 fully saturated rings. The Labute approximate surface area is 102 Å². The van der Waals surface area contributed by atoms with Gasteiger partial charge in [-0.05, 0) is 32.6 Å². The molecule has 2 atom stereocenters. The molecule has 2 N–H and O–H groups in total. The minimum absolute atomic E-state index is 0.401. The highest BCUT2D eigenvalue weighted by Crippen LogP contribution is 2.34. The molecule has 2 saturated heterocycles. The Hall–Kier alpha value is -0.870. The van der Waals surface area contributed by atoms with E-state index in [1.54, 1.807) is 0 Å². The molecule has 1 aromatic heterocycles. The summed E-state index contributed by atoms with van der Waals surface area (Å²) in [4.78, 5) is 2.59. The maximum atomic E-state index is 6.12. The second-order valence-corrected chi connectivity index (χ2v) is 5.58. The molecule has 4 heteroatoms. The third-order valence-corrected chi connectivity index (χ3v) is 4.18. The second kappa shape index (κ2) is 4.42. The van der Waals surface area contributed by atoms with E-state index in [1.807, 2.05) is 13.0 Å². The summed E-state index contributed by atoms with van der Waals surface area (Å²) in [6.07, 6.45) is 6.22. The van der Waals surface area contributed by atoms with Crippen LogP contribution < -0.4 is 5.73 Å². The molecule has 2 unspecified atom stereocenters. The predicted molar refractivity (Wildman–Crippen MR) is 65.4 cm³/mol. The summed E-state index contributed by atoms with van der Waals surface area (Å²) in [5.74, 6) is 0.995. The van der Waals surface area contributed by atoms with E-state index in [0.29, 0.717) is 18.1 Å². The van der Waals surface area contributed by atoms with E-state index in [2.05, 4.69) is 10.1 Å². The van der Waals surface area contributed by atoms with Crippen LogP contribution in [0.25, 0.3) is 0 Å². The Bertz CT molecular complexity index is 376. The smallest absolute Gasteiger partial charge is 0.150 e. The summed E-state index contributed by atoms with van der Waals surface area (Å²) in [5.41, 5.74) is 7.09. The van der Waals surface area contributed by atoms with Crippen LogP contribution in [0, 0.1) is 6.92 Å². The molecule has 0 aliphatic carbocycles. The number of hydrogen-bond acceptors (Lipinski definition) is 4. The van der Waals surface area contributed by atoms with E-state index in [9.17, 15) is 0 Å². The van der Waals surface area contributed by atoms with Crippen molar-refractivity contribution in [3.05, 3.63) is 17.5 Å². The first-order valence-corrected chi connectivity index (χ1v) is 6.66. The van der Waals surface area contributed by atoms with Gasteiger partial charge in [-0.1, -0.05) is 11.6 Å². The molecule has 2 aliphatic heterocycles. The van der Waals surface area contributed by atoms with Crippen molar-refractivity contribution in [2.24, 2.45) is 5.73 Å². The fourth-order valence-electron chi connectivity index (χ4n) is 3.45. The molecule has 94 valence electrons. The molecular weight excluding hydrogens is 214 g/mol. The highest BCUT2D eigenvalue weighted by atomic mass is 16.5. The van der Waals surface area contributed by atoms with Gasteiger partial charge >= 0.3 is 0 Å². The minimum Gasteiger partial charge on any atom is -0.360 e. The fraction of sp³-hybridized carbons (Fsp3) is 0.769. The van der Waals surface area contributed by atoms with E-state index in [4.69, 9.17) is 10.3 Å². The minimum atomic E-state index is 0.401. The number of nitrogens with zero attached hydrogens (tertiary/aromatic N) is 2. The van der Waals surface area contributed by atoms with E-state index < -0.39 is 0 Å². The van der Waals surface area contributed by atoms with Crippen LogP contribution in [0.5, 0.6) is 0 Å². The van der Waals surface area contributed by atoms with Crippen LogP contribution in [-0.2, 0) is 6.54 Å². The van der Waals surface area contributed by atoms with Gasteiger partial charge in [0.05, 0.1) is 12.2 Å². The first-order valence-electron chi connectivity index (χ1n) is 6.66. The molecule has 3 rings (SSSR count). The van der Waals surface area contributed by atoms with Crippen LogP contribution >= 0.6 is 0 Å². The first kappa shape index (κ1) is 11.2. The van der Waals surface area contributed by atoms with Gasteiger partial charge in [-0.15, -0.1) is 0 Å². The zero-order valence-corrected chi connectivity index (χ0v) is 10.4. The van der Waals surface area contributed by atoms with E-state index in [0.717, 1.165) is 30.8 Å². The summed E-state index contributed by atoms with van der Waals surface area (Å²) in [6, 6.07) is 3.76. The van der Waals surface area contributed by atoms with Crippen molar-refractivity contribution in [2.45, 2.75) is 63.7 Å². The van der Waals surface area contributed by atoms with Gasteiger partial charge < -0.3 is 10.3 Å². The molecule has 2 aliphatic rings. The quantitative estimate of drug-likeness (QED) is 0.849. The fourth-order valence-corrected chi connectivity index (χ4v) is 3.45. The lowest BCUT2D eigenvalue weighted by atomic mass is 9.82. The maximum absolute atomic E-state index is 6.12. The summed E-state index contributed by atoms with van der Waals surface area (Å²) in [5, 5.41) is 3.96. The SMILES string of the molecule is Cc1cc(CN2C3CCCC2CC(N)C3)on1. The van der Waals surface area contributed by atoms with Gasteiger partial charge in [-0.25, -0.2) is 0 Å². The van der Waals surface area contributed by atoms with Crippen molar-refractivity contribution in [3.8, 4) is 0 Å². The number of aromatic nitrogens is 1. The largest absolute Gasteiger partial charge is 0.360 e. The van der Waals surface area contributed by atoms with Gasteiger partial charge in [0.2, 0.25) is 0 Å². The molecule has 1 aromatic rings. The summed E-state index contributed by atoms with van der Waals surface area (Å²) < 4.78 is 5.34. The highest BCUT2D eigenvalue weighted by molar-refractivity contribution is 5.05. The van der Waals surface area contributed by atoms with Crippen LogP contribution in [0.1, 0.15) is 43.6 Å². The van der Waals surface area contributed by atoms with Gasteiger partial charge in [-0.2, -0.15) is 0 Å². The molecular formula is C13H21N3O. The highest BCUT2D eigenvalue weighted by Gasteiger charge is 2.37. The second-order valence-electron chi connectivity index (χ2n) is 5.58. The molecule has 0 spiro atoms. The van der Waals surface area contributed by atoms with Crippen LogP contribution in [0.2, 0.25) is 0 Å². The number of nitrogens with two attached hydrogens (primary N) is 1. The van der Waals surface area contributed by atoms with E-state index in [1.165, 1.54) is 19.3 Å². The van der Waals surface area contributed by atoms with Gasteiger partial charge in [-0.3, -0.25) is 4.90 Å². The molecule has 2 bridgehead atoms. The summed E-state index contributed by atoms with van der Waals surface area (Å²) in [6.45, 7) is 2.88. The van der Waals surface area contributed by atoms with Gasteiger partial charge in [0.1, 0.15) is 0 Å². The van der Waals surface area contributed by atoms with E-state index in [-0.39, 0.29) is 0 Å². The zero-order chi connectivity index (χ0) is 11.8. The Morgan fingerprint density at radius 3 is 2.71 bits per heavy atom. The van der Waals surface area contributed by atoms with Crippen molar-refractivity contribution in [3.63, 3.8) is 0 Å². The topological polar surface area (TPSA) is 55.3 Å². The number of piperidine rings is 2. The van der Waals surface area contributed by atoms with E-state index >= 15 is 0 Å². The Balaban J connectivity index is 1.73. The number of aryl methyl sites for hydroxylation is 1. The van der Waals surface area contributed by atoms with Crippen LogP contribution in [0.4, 0.5) is 0 Å². The first-order chi connectivity index (χ1) is 8.22. The number of hydrogen-bond donors (Lipinski definition) is 1. The third kappa shape index (κ3) is 2.24. The van der Waals surface area contributed by atoms with Crippen LogP contribution in [-0.4, -0.2) is 28.2 Å². The standard InChI is InChI=1S/C13H21N3O/c1-9-5-13(17-15-9)8-16-11-3-2-4-12(16)7-10(14)6-11/h5,10-12H,2-4,6-8,14H2,1H3. The van der Waals surface area contributed by atoms with Gasteiger partial charge in [0.15, 0.2) is 5.76 Å². The van der Waals surface area contributed by atoms with Crippen molar-refractivity contribution in [1.82, 2.24) is 10.1 Å². The number of fused-ring (bicyclic) bond motifs is 2. The lowest BCUT2D eigenvalue weighted by Crippen LogP contribution is -2.54. The average molecular weight is 235 g/mol. The monoisotopic (exact) mass is 235 g/mol. The summed E-state index contributed by atoms with van der Waals surface area (Å²) in [7, 11) is 0. The van der Waals surface area contributed by atoms with Crippen LogP contribution in [0.15, 0.2) is 10.6 Å². The zero-order valence-electron chi connectivity index (χ0n) is 10.4. The Kier molecular flexibility index (Phi) is 2.92. The van der Waals surface area contributed by atoms with Gasteiger partial charge in [0.25, 0.3) is 0 Å². The third-order valence-electron chi connectivity index (χ3n) is 4.18. The van der Waals surface area contributed by atoms with Crippen molar-refractivity contribution in [1.29, 1.82) is 0 Å². The molecule has 0 radical (unpaired) electrons. The normalized spacial score (nSPS) is 33.9. The Morgan fingerprint density at radius 1 is 1.41 bits per heavy atom. The predicted octanol–water partition coefficient (Wildman–Crippen LogP) is 1.83. The lowest BCUT2D eigenvalue weighted by molar-refractivity contribution is 0.0179. The maximum Gasteiger partial charge on any atom is 0.150 e. The van der Waals surface area contributed by atoms with Gasteiger partial charge in [0, 0.05) is 24.2 Å². The molecule has 0 aromatic carbocycles. The lowest BCUT2D eigenvalue weighted by Gasteiger charge is -2.47. The average Bonchev–Trinajstić information content (AvgIpc) is 2.65. The van der Waals surface area contributed by atoms with Crippen molar-refractivity contribution in [2.75, 3.05) is 0 Å². The van der Waals surface area contributed by atoms with Crippen molar-refractivity contribution >= 4 is 0 Å². The molecule has 17 heavy (non-hydrogen) atoms. The molecule has 0 amide bonds. The Morgan fingerprint density at radius 2 is 2.12 bits per heavy atom. The van der Waals surface area contributed by atoms with Crippen LogP contribution in [0.3, 0.4) is 0 Å². The molecule has 4 nitrogen and oxygen atoms in total.